The van der Waals surface area contributed by atoms with Gasteiger partial charge in [-0.15, -0.1) is 0 Å². The third kappa shape index (κ3) is 2.95. The van der Waals surface area contributed by atoms with Gasteiger partial charge in [0, 0.05) is 16.2 Å². The van der Waals surface area contributed by atoms with Crippen LogP contribution in [-0.4, -0.2) is 5.52 Å². The Bertz CT molecular complexity index is 1010. The zero-order valence-corrected chi connectivity index (χ0v) is 16.5. The predicted octanol–water partition coefficient (Wildman–Crippen LogP) is 5.07. The van der Waals surface area contributed by atoms with Crippen LogP contribution in [0.25, 0.3) is 0 Å². The lowest BCUT2D eigenvalue weighted by atomic mass is 10.00. The van der Waals surface area contributed by atoms with Crippen molar-refractivity contribution in [2.24, 2.45) is 0 Å². The van der Waals surface area contributed by atoms with Gasteiger partial charge < -0.3 is 4.57 Å². The Labute approximate surface area is 155 Å². The van der Waals surface area contributed by atoms with E-state index in [1.807, 2.05) is 51.1 Å². The van der Waals surface area contributed by atoms with Gasteiger partial charge in [0.2, 0.25) is 12.7 Å². The summed E-state index contributed by atoms with van der Waals surface area (Å²) in [5.74, 6) is 0. The van der Waals surface area contributed by atoms with Crippen LogP contribution in [0, 0.1) is 27.7 Å². The minimum absolute atomic E-state index is 0.310. The largest absolute Gasteiger partial charge is 0.305 e. The number of hydrogen-bond donors (Lipinski definition) is 0. The Hall–Kier alpha value is -2.44. The van der Waals surface area contributed by atoms with Crippen LogP contribution < -0.4 is 10.6 Å². The van der Waals surface area contributed by atoms with E-state index in [-0.39, 0.29) is 5.52 Å². The Morgan fingerprint density at radius 3 is 1.85 bits per heavy atom. The van der Waals surface area contributed by atoms with Crippen LogP contribution in [0.4, 0.5) is 0 Å². The van der Waals surface area contributed by atoms with E-state index in [4.69, 9.17) is 0 Å². The fourth-order valence-corrected chi connectivity index (χ4v) is 6.14. The SMILES string of the molecule is Cc1cc(P(=O)(C(=O)c2ccccc2)c2ccccc2)c(C)c(C)c1C. The highest BCUT2D eigenvalue weighted by atomic mass is 31.2. The molecule has 0 aromatic heterocycles. The van der Waals surface area contributed by atoms with Crippen molar-refractivity contribution in [3.63, 3.8) is 0 Å². The topological polar surface area (TPSA) is 34.1 Å². The molecule has 3 rings (SSSR count). The van der Waals surface area contributed by atoms with Crippen LogP contribution in [-0.2, 0) is 4.57 Å². The molecule has 0 fully saturated rings. The molecule has 0 bridgehead atoms. The minimum Gasteiger partial charge on any atom is -0.305 e. The summed E-state index contributed by atoms with van der Waals surface area (Å²) in [5, 5.41) is 1.23. The van der Waals surface area contributed by atoms with Crippen molar-refractivity contribution in [2.75, 3.05) is 0 Å². The summed E-state index contributed by atoms with van der Waals surface area (Å²) >= 11 is 0. The van der Waals surface area contributed by atoms with E-state index in [1.54, 1.807) is 36.4 Å². The Morgan fingerprint density at radius 2 is 1.27 bits per heavy atom. The van der Waals surface area contributed by atoms with Gasteiger partial charge in [0.1, 0.15) is 0 Å². The maximum atomic E-state index is 14.4. The van der Waals surface area contributed by atoms with Crippen LogP contribution in [0.1, 0.15) is 32.6 Å². The fraction of sp³-hybridized carbons (Fsp3) is 0.174. The quantitative estimate of drug-likeness (QED) is 0.607. The van der Waals surface area contributed by atoms with Crippen molar-refractivity contribution < 1.29 is 9.36 Å². The van der Waals surface area contributed by atoms with Gasteiger partial charge in [-0.05, 0) is 56.0 Å². The zero-order chi connectivity index (χ0) is 18.9. The minimum atomic E-state index is -3.49. The second-order valence-corrected chi connectivity index (χ2v) is 9.33. The van der Waals surface area contributed by atoms with E-state index >= 15 is 0 Å². The molecule has 0 saturated heterocycles. The molecule has 1 atom stereocenters. The van der Waals surface area contributed by atoms with Crippen LogP contribution >= 0.6 is 7.14 Å². The third-order valence-electron chi connectivity index (χ3n) is 5.22. The van der Waals surface area contributed by atoms with Crippen molar-refractivity contribution >= 4 is 23.3 Å². The molecule has 0 aliphatic rings. The van der Waals surface area contributed by atoms with Gasteiger partial charge in [-0.2, -0.15) is 0 Å². The Kier molecular flexibility index (Phi) is 4.98. The highest BCUT2D eigenvalue weighted by Crippen LogP contribution is 2.48. The molecule has 0 saturated carbocycles. The molecule has 0 heterocycles. The highest BCUT2D eigenvalue weighted by molar-refractivity contribution is 7.93. The maximum absolute atomic E-state index is 14.4. The van der Waals surface area contributed by atoms with E-state index in [1.165, 1.54) is 5.56 Å². The lowest BCUT2D eigenvalue weighted by Crippen LogP contribution is -2.26. The molecule has 132 valence electrons. The maximum Gasteiger partial charge on any atom is 0.230 e. The van der Waals surface area contributed by atoms with Gasteiger partial charge in [-0.25, -0.2) is 0 Å². The van der Waals surface area contributed by atoms with Crippen LogP contribution in [0.2, 0.25) is 0 Å². The molecule has 0 spiro atoms. The number of rotatable bonds is 4. The van der Waals surface area contributed by atoms with Crippen molar-refractivity contribution in [1.29, 1.82) is 0 Å². The molecule has 3 aromatic carbocycles. The second-order valence-electron chi connectivity index (χ2n) is 6.70. The fourth-order valence-electron chi connectivity index (χ4n) is 3.28. The molecule has 0 radical (unpaired) electrons. The monoisotopic (exact) mass is 362 g/mol. The van der Waals surface area contributed by atoms with Crippen molar-refractivity contribution in [2.45, 2.75) is 27.7 Å². The average molecular weight is 362 g/mol. The molecule has 0 amide bonds. The molecule has 3 heteroatoms. The van der Waals surface area contributed by atoms with Gasteiger partial charge in [0.25, 0.3) is 0 Å². The summed E-state index contributed by atoms with van der Waals surface area (Å²) in [4.78, 5) is 13.5. The van der Waals surface area contributed by atoms with Gasteiger partial charge in [-0.1, -0.05) is 60.7 Å². The normalized spacial score (nSPS) is 13.2. The van der Waals surface area contributed by atoms with Crippen molar-refractivity contribution in [1.82, 2.24) is 0 Å². The first-order chi connectivity index (χ1) is 12.4. The predicted molar refractivity (Wildman–Crippen MR) is 109 cm³/mol. The van der Waals surface area contributed by atoms with Gasteiger partial charge in [0.05, 0.1) is 0 Å². The number of carbonyl (C=O) groups is 1. The van der Waals surface area contributed by atoms with Gasteiger partial charge >= 0.3 is 0 Å². The van der Waals surface area contributed by atoms with Crippen LogP contribution in [0.5, 0.6) is 0 Å². The molecular formula is C23H23O2P. The summed E-state index contributed by atoms with van der Waals surface area (Å²) in [6, 6.07) is 20.0. The lowest BCUT2D eigenvalue weighted by molar-refractivity contribution is 0.107. The lowest BCUT2D eigenvalue weighted by Gasteiger charge is -2.23. The van der Waals surface area contributed by atoms with E-state index in [9.17, 15) is 9.36 Å². The van der Waals surface area contributed by atoms with Crippen molar-refractivity contribution in [3.8, 4) is 0 Å². The van der Waals surface area contributed by atoms with Crippen LogP contribution in [0.15, 0.2) is 66.7 Å². The standard InChI is InChI=1S/C23H23O2P/c1-16-15-22(19(4)18(3)17(16)2)26(25,21-13-9-6-10-14-21)23(24)20-11-7-5-8-12-20/h5-15H,1-4H3. The van der Waals surface area contributed by atoms with E-state index < -0.39 is 7.14 Å². The van der Waals surface area contributed by atoms with E-state index in [0.717, 1.165) is 16.7 Å². The second kappa shape index (κ2) is 7.05. The summed E-state index contributed by atoms with van der Waals surface area (Å²) in [6.07, 6.45) is 0. The van der Waals surface area contributed by atoms with Gasteiger partial charge in [0.15, 0.2) is 0 Å². The summed E-state index contributed by atoms with van der Waals surface area (Å²) in [6.45, 7) is 8.07. The van der Waals surface area contributed by atoms with Crippen LogP contribution in [0.3, 0.4) is 0 Å². The summed E-state index contributed by atoms with van der Waals surface area (Å²) < 4.78 is 14.4. The highest BCUT2D eigenvalue weighted by Gasteiger charge is 2.38. The number of benzene rings is 3. The van der Waals surface area contributed by atoms with Crippen molar-refractivity contribution in [3.05, 3.63) is 94.5 Å². The van der Waals surface area contributed by atoms with Gasteiger partial charge in [-0.3, -0.25) is 4.79 Å². The first-order valence-electron chi connectivity index (χ1n) is 8.71. The molecule has 2 nitrogen and oxygen atoms in total. The first kappa shape index (κ1) is 18.4. The summed E-state index contributed by atoms with van der Waals surface area (Å²) in [5.41, 5.74) is 4.43. The van der Waals surface area contributed by atoms with E-state index in [0.29, 0.717) is 16.2 Å². The molecule has 3 aromatic rings. The molecule has 0 aliphatic carbocycles. The third-order valence-corrected chi connectivity index (χ3v) is 8.22. The molecular weight excluding hydrogens is 339 g/mol. The smallest absolute Gasteiger partial charge is 0.230 e. The molecule has 0 aliphatic heterocycles. The van der Waals surface area contributed by atoms with E-state index in [2.05, 4.69) is 6.92 Å². The molecule has 1 unspecified atom stereocenters. The molecule has 0 N–H and O–H groups in total. The molecule has 26 heavy (non-hydrogen) atoms. The average Bonchev–Trinajstić information content (AvgIpc) is 2.69. The zero-order valence-electron chi connectivity index (χ0n) is 15.6. The Balaban J connectivity index is 2.34. The summed E-state index contributed by atoms with van der Waals surface area (Å²) in [7, 11) is -3.49. The Morgan fingerprint density at radius 1 is 0.731 bits per heavy atom. The number of aryl methyl sites for hydroxylation is 1. The number of carbonyl (C=O) groups excluding carboxylic acids is 1. The first-order valence-corrected chi connectivity index (χ1v) is 10.4. The number of hydrogen-bond acceptors (Lipinski definition) is 2.